The van der Waals surface area contributed by atoms with Crippen molar-refractivity contribution in [3.05, 3.63) is 23.9 Å². The minimum absolute atomic E-state index is 0.179. The summed E-state index contributed by atoms with van der Waals surface area (Å²) in [4.78, 5) is 31.1. The smallest absolute Gasteiger partial charge is 0.269 e. The number of anilines is 1. The maximum Gasteiger partial charge on any atom is 0.269 e. The standard InChI is InChI=1S/C15H23N5O2/c1-19-8-10-20(11-9-19)14-5-2-4-13(18-14)15(22)17-7-3-6-16-12-21/h2,4-5,12H,3,6-11H2,1H3,(H,16,21)(H,17,22). The quantitative estimate of drug-likeness (QED) is 0.534. The fourth-order valence-corrected chi connectivity index (χ4v) is 2.30. The van der Waals surface area contributed by atoms with Crippen LogP contribution in [0, 0.1) is 0 Å². The lowest BCUT2D eigenvalue weighted by Gasteiger charge is -2.33. The van der Waals surface area contributed by atoms with Crippen LogP contribution in [-0.2, 0) is 4.79 Å². The summed E-state index contributed by atoms with van der Waals surface area (Å²) < 4.78 is 0. The van der Waals surface area contributed by atoms with Gasteiger partial charge in [0, 0.05) is 39.3 Å². The highest BCUT2D eigenvalue weighted by molar-refractivity contribution is 5.92. The van der Waals surface area contributed by atoms with E-state index in [1.807, 2.05) is 12.1 Å². The number of nitrogens with zero attached hydrogens (tertiary/aromatic N) is 3. The lowest BCUT2D eigenvalue weighted by Crippen LogP contribution is -2.45. The number of rotatable bonds is 7. The molecule has 1 aromatic rings. The summed E-state index contributed by atoms with van der Waals surface area (Å²) in [5, 5.41) is 5.37. The predicted molar refractivity (Wildman–Crippen MR) is 85.0 cm³/mol. The molecular weight excluding hydrogens is 282 g/mol. The average Bonchev–Trinajstić information content (AvgIpc) is 2.55. The molecule has 2 rings (SSSR count). The molecule has 2 N–H and O–H groups in total. The van der Waals surface area contributed by atoms with Gasteiger partial charge in [0.25, 0.3) is 5.91 Å². The highest BCUT2D eigenvalue weighted by Crippen LogP contribution is 2.13. The Kier molecular flexibility index (Phi) is 6.14. The maximum absolute atomic E-state index is 12.1. The van der Waals surface area contributed by atoms with Gasteiger partial charge in [-0.15, -0.1) is 0 Å². The van der Waals surface area contributed by atoms with Crippen molar-refractivity contribution in [2.45, 2.75) is 6.42 Å². The summed E-state index contributed by atoms with van der Waals surface area (Å²) in [6.07, 6.45) is 1.35. The van der Waals surface area contributed by atoms with E-state index in [-0.39, 0.29) is 5.91 Å². The number of piperazine rings is 1. The third kappa shape index (κ3) is 4.70. The number of likely N-dealkylation sites (N-methyl/N-ethyl adjacent to an activating group) is 1. The third-order valence-corrected chi connectivity index (χ3v) is 3.66. The molecule has 0 bridgehead atoms. The fourth-order valence-electron chi connectivity index (χ4n) is 2.30. The Hall–Kier alpha value is -2.15. The van der Waals surface area contributed by atoms with E-state index in [4.69, 9.17) is 0 Å². The molecule has 1 saturated heterocycles. The predicted octanol–water partition coefficient (Wildman–Crippen LogP) is -0.301. The minimum atomic E-state index is -0.179. The molecule has 0 aliphatic carbocycles. The number of carbonyl (C=O) groups is 2. The Balaban J connectivity index is 1.87. The van der Waals surface area contributed by atoms with Crippen LogP contribution in [0.15, 0.2) is 18.2 Å². The van der Waals surface area contributed by atoms with E-state index in [1.54, 1.807) is 6.07 Å². The molecule has 7 nitrogen and oxygen atoms in total. The summed E-state index contributed by atoms with van der Waals surface area (Å²) >= 11 is 0. The number of hydrogen-bond acceptors (Lipinski definition) is 5. The molecule has 0 spiro atoms. The Morgan fingerprint density at radius 1 is 1.27 bits per heavy atom. The summed E-state index contributed by atoms with van der Waals surface area (Å²) in [6.45, 7) is 4.92. The summed E-state index contributed by atoms with van der Waals surface area (Å²) in [6, 6.07) is 5.53. The number of pyridine rings is 1. The number of aromatic nitrogens is 1. The molecule has 0 unspecified atom stereocenters. The van der Waals surface area contributed by atoms with Crippen molar-refractivity contribution in [3.8, 4) is 0 Å². The van der Waals surface area contributed by atoms with Crippen LogP contribution in [0.3, 0.4) is 0 Å². The second-order valence-electron chi connectivity index (χ2n) is 5.35. The molecule has 0 atom stereocenters. The van der Waals surface area contributed by atoms with Crippen LogP contribution in [0.4, 0.5) is 5.82 Å². The van der Waals surface area contributed by atoms with Gasteiger partial charge in [0.2, 0.25) is 6.41 Å². The van der Waals surface area contributed by atoms with E-state index < -0.39 is 0 Å². The van der Waals surface area contributed by atoms with Crippen molar-refractivity contribution in [2.75, 3.05) is 51.2 Å². The molecule has 7 heteroatoms. The largest absolute Gasteiger partial charge is 0.359 e. The van der Waals surface area contributed by atoms with E-state index in [1.165, 1.54) is 0 Å². The molecule has 1 aromatic heterocycles. The molecular formula is C15H23N5O2. The first-order chi connectivity index (χ1) is 10.7. The molecule has 2 amide bonds. The zero-order valence-electron chi connectivity index (χ0n) is 12.9. The third-order valence-electron chi connectivity index (χ3n) is 3.66. The van der Waals surface area contributed by atoms with E-state index in [2.05, 4.69) is 32.5 Å². The van der Waals surface area contributed by atoms with Gasteiger partial charge < -0.3 is 20.4 Å². The molecule has 2 heterocycles. The second kappa shape index (κ2) is 8.33. The Bertz CT molecular complexity index is 500. The summed E-state index contributed by atoms with van der Waals surface area (Å²) in [5.74, 6) is 0.672. The Morgan fingerprint density at radius 2 is 2.05 bits per heavy atom. The molecule has 0 aromatic carbocycles. The number of hydrogen-bond donors (Lipinski definition) is 2. The first kappa shape index (κ1) is 16.2. The van der Waals surface area contributed by atoms with E-state index in [0.29, 0.717) is 31.6 Å². The van der Waals surface area contributed by atoms with E-state index in [0.717, 1.165) is 32.0 Å². The minimum Gasteiger partial charge on any atom is -0.359 e. The summed E-state index contributed by atoms with van der Waals surface area (Å²) in [7, 11) is 2.11. The Morgan fingerprint density at radius 3 is 2.77 bits per heavy atom. The maximum atomic E-state index is 12.1. The van der Waals surface area contributed by atoms with Crippen molar-refractivity contribution in [2.24, 2.45) is 0 Å². The van der Waals surface area contributed by atoms with Gasteiger partial charge in [0.05, 0.1) is 0 Å². The van der Waals surface area contributed by atoms with Crippen LogP contribution in [-0.4, -0.2) is 68.5 Å². The second-order valence-corrected chi connectivity index (χ2v) is 5.35. The van der Waals surface area contributed by atoms with Gasteiger partial charge in [-0.2, -0.15) is 0 Å². The van der Waals surface area contributed by atoms with Gasteiger partial charge in [-0.3, -0.25) is 9.59 Å². The van der Waals surface area contributed by atoms with Crippen molar-refractivity contribution in [1.29, 1.82) is 0 Å². The van der Waals surface area contributed by atoms with Crippen molar-refractivity contribution < 1.29 is 9.59 Å². The summed E-state index contributed by atoms with van der Waals surface area (Å²) in [5.41, 5.74) is 0.430. The zero-order valence-corrected chi connectivity index (χ0v) is 12.9. The number of carbonyl (C=O) groups excluding carboxylic acids is 2. The van der Waals surface area contributed by atoms with Crippen LogP contribution in [0.25, 0.3) is 0 Å². The van der Waals surface area contributed by atoms with Gasteiger partial charge in [-0.1, -0.05) is 6.07 Å². The lowest BCUT2D eigenvalue weighted by atomic mass is 10.3. The highest BCUT2D eigenvalue weighted by atomic mass is 16.2. The number of amides is 2. The number of nitrogens with one attached hydrogen (secondary N) is 2. The van der Waals surface area contributed by atoms with E-state index >= 15 is 0 Å². The zero-order chi connectivity index (χ0) is 15.8. The first-order valence-corrected chi connectivity index (χ1v) is 7.56. The molecule has 1 fully saturated rings. The van der Waals surface area contributed by atoms with Gasteiger partial charge >= 0.3 is 0 Å². The molecule has 1 aliphatic rings. The molecule has 22 heavy (non-hydrogen) atoms. The normalized spacial score (nSPS) is 15.4. The molecule has 120 valence electrons. The lowest BCUT2D eigenvalue weighted by molar-refractivity contribution is -0.109. The van der Waals surface area contributed by atoms with Crippen molar-refractivity contribution in [3.63, 3.8) is 0 Å². The van der Waals surface area contributed by atoms with Crippen molar-refractivity contribution in [1.82, 2.24) is 20.5 Å². The molecule has 1 aliphatic heterocycles. The Labute approximate surface area is 130 Å². The molecule has 0 saturated carbocycles. The van der Waals surface area contributed by atoms with E-state index in [9.17, 15) is 9.59 Å². The van der Waals surface area contributed by atoms with Crippen LogP contribution in [0.2, 0.25) is 0 Å². The fraction of sp³-hybridized carbons (Fsp3) is 0.533. The van der Waals surface area contributed by atoms with Gasteiger partial charge in [-0.25, -0.2) is 4.98 Å². The van der Waals surface area contributed by atoms with Crippen LogP contribution in [0.1, 0.15) is 16.9 Å². The molecule has 0 radical (unpaired) electrons. The van der Waals surface area contributed by atoms with Gasteiger partial charge in [0.1, 0.15) is 11.5 Å². The van der Waals surface area contributed by atoms with Gasteiger partial charge in [-0.05, 0) is 25.6 Å². The van der Waals surface area contributed by atoms with Crippen molar-refractivity contribution >= 4 is 18.1 Å². The van der Waals surface area contributed by atoms with Crippen LogP contribution in [0.5, 0.6) is 0 Å². The topological polar surface area (TPSA) is 77.6 Å². The first-order valence-electron chi connectivity index (χ1n) is 7.56. The average molecular weight is 305 g/mol. The monoisotopic (exact) mass is 305 g/mol. The SMILES string of the molecule is CN1CCN(c2cccc(C(=O)NCCCNC=O)n2)CC1. The van der Waals surface area contributed by atoms with Crippen LogP contribution >= 0.6 is 0 Å². The van der Waals surface area contributed by atoms with Gasteiger partial charge in [0.15, 0.2) is 0 Å². The van der Waals surface area contributed by atoms with Crippen LogP contribution < -0.4 is 15.5 Å². The highest BCUT2D eigenvalue weighted by Gasteiger charge is 2.16.